The van der Waals surface area contributed by atoms with Crippen LogP contribution in [0.3, 0.4) is 0 Å². The number of hydrogen-bond donors (Lipinski definition) is 2. The van der Waals surface area contributed by atoms with Gasteiger partial charge in [-0.3, -0.25) is 4.79 Å². The molecule has 0 aliphatic carbocycles. The molecule has 0 saturated carbocycles. The molecule has 2 aromatic heterocycles. The highest BCUT2D eigenvalue weighted by Crippen LogP contribution is 2.33. The number of pyridine rings is 1. The van der Waals surface area contributed by atoms with E-state index in [-0.39, 0.29) is 17.6 Å². The Bertz CT molecular complexity index is 1420. The maximum Gasteiger partial charge on any atom is 0.259 e. The number of carbonyl (C=O) groups excluding carboxylic acids is 1. The average Bonchev–Trinajstić information content (AvgIpc) is 2.78. The van der Waals surface area contributed by atoms with E-state index < -0.39 is 21.7 Å². The molecule has 0 spiro atoms. The fourth-order valence-electron chi connectivity index (χ4n) is 3.40. The molecule has 3 heterocycles. The van der Waals surface area contributed by atoms with Crippen LogP contribution in [0.2, 0.25) is 5.15 Å². The molecule has 1 fully saturated rings. The SMILES string of the molecule is Cc1cc(N=S2(=O)CCC2)cc2ncnc(Nc3ccc(Cl)nc3OCC(=O)N[C@@H](C)C#N)c12. The zero-order chi connectivity index (χ0) is 24.3. The van der Waals surface area contributed by atoms with E-state index in [0.717, 1.165) is 17.4 Å². The fraction of sp³-hybridized carbons (Fsp3) is 0.318. The third-order valence-corrected chi connectivity index (χ3v) is 7.72. The number of carbonyl (C=O) groups is 1. The quantitative estimate of drug-likeness (QED) is 0.469. The Hall–Kier alpha value is -3.49. The number of hydrogen-bond acceptors (Lipinski definition) is 9. The number of nitriles is 1. The van der Waals surface area contributed by atoms with Crippen molar-refractivity contribution in [2.24, 2.45) is 4.36 Å². The third kappa shape index (κ3) is 5.35. The van der Waals surface area contributed by atoms with Gasteiger partial charge >= 0.3 is 0 Å². The van der Waals surface area contributed by atoms with Crippen LogP contribution in [0.15, 0.2) is 35.0 Å². The first-order valence-electron chi connectivity index (χ1n) is 10.5. The van der Waals surface area contributed by atoms with Crippen molar-refractivity contribution >= 4 is 55.3 Å². The van der Waals surface area contributed by atoms with Gasteiger partial charge in [-0.05, 0) is 50.1 Å². The summed E-state index contributed by atoms with van der Waals surface area (Å²) in [7, 11) is -2.14. The maximum absolute atomic E-state index is 12.5. The molecule has 2 N–H and O–H groups in total. The molecule has 1 aromatic carbocycles. The number of halogens is 1. The molecule has 176 valence electrons. The Morgan fingerprint density at radius 3 is 2.85 bits per heavy atom. The van der Waals surface area contributed by atoms with Gasteiger partial charge in [0.15, 0.2) is 6.61 Å². The molecule has 0 bridgehead atoms. The van der Waals surface area contributed by atoms with Gasteiger partial charge in [0.25, 0.3) is 5.91 Å². The maximum atomic E-state index is 12.5. The van der Waals surface area contributed by atoms with Gasteiger partial charge in [0.05, 0.1) is 27.0 Å². The van der Waals surface area contributed by atoms with Gasteiger partial charge in [0, 0.05) is 16.9 Å². The zero-order valence-corrected chi connectivity index (χ0v) is 20.1. The van der Waals surface area contributed by atoms with Crippen molar-refractivity contribution < 1.29 is 13.7 Å². The first-order valence-corrected chi connectivity index (χ1v) is 12.7. The van der Waals surface area contributed by atoms with Crippen molar-refractivity contribution in [3.8, 4) is 11.9 Å². The van der Waals surface area contributed by atoms with Gasteiger partial charge in [0.1, 0.15) is 29.0 Å². The van der Waals surface area contributed by atoms with Crippen LogP contribution in [-0.2, 0) is 14.5 Å². The summed E-state index contributed by atoms with van der Waals surface area (Å²) in [6.07, 6.45) is 2.35. The van der Waals surface area contributed by atoms with E-state index in [1.54, 1.807) is 25.1 Å². The Morgan fingerprint density at radius 2 is 2.15 bits per heavy atom. The highest BCUT2D eigenvalue weighted by Gasteiger charge is 2.20. The molecule has 0 radical (unpaired) electrons. The topological polar surface area (TPSA) is 142 Å². The molecule has 4 rings (SSSR count). The predicted octanol–water partition coefficient (Wildman–Crippen LogP) is 3.64. The first kappa shape index (κ1) is 23.7. The van der Waals surface area contributed by atoms with E-state index in [0.29, 0.717) is 34.2 Å². The number of nitrogens with zero attached hydrogens (tertiary/aromatic N) is 5. The average molecular weight is 500 g/mol. The van der Waals surface area contributed by atoms with Gasteiger partial charge in [0.2, 0.25) is 5.88 Å². The smallest absolute Gasteiger partial charge is 0.259 e. The summed E-state index contributed by atoms with van der Waals surface area (Å²) in [5, 5.41) is 15.4. The summed E-state index contributed by atoms with van der Waals surface area (Å²) in [4.78, 5) is 24.9. The molecule has 1 amide bonds. The van der Waals surface area contributed by atoms with Gasteiger partial charge in [-0.1, -0.05) is 11.6 Å². The normalized spacial score (nSPS) is 15.0. The lowest BCUT2D eigenvalue weighted by Crippen LogP contribution is -2.35. The minimum absolute atomic E-state index is 0.102. The largest absolute Gasteiger partial charge is 0.466 e. The monoisotopic (exact) mass is 499 g/mol. The molecule has 12 heteroatoms. The number of benzene rings is 1. The number of anilines is 2. The lowest BCUT2D eigenvalue weighted by atomic mass is 10.1. The van der Waals surface area contributed by atoms with Crippen LogP contribution >= 0.6 is 11.6 Å². The zero-order valence-electron chi connectivity index (χ0n) is 18.5. The van der Waals surface area contributed by atoms with E-state index in [1.165, 1.54) is 6.33 Å². The fourth-order valence-corrected chi connectivity index (χ4v) is 4.99. The molecule has 1 saturated heterocycles. The molecular weight excluding hydrogens is 478 g/mol. The van der Waals surface area contributed by atoms with E-state index in [4.69, 9.17) is 21.6 Å². The summed E-state index contributed by atoms with van der Waals surface area (Å²) < 4.78 is 22.5. The van der Waals surface area contributed by atoms with Crippen molar-refractivity contribution in [2.45, 2.75) is 26.3 Å². The number of amides is 1. The van der Waals surface area contributed by atoms with Gasteiger partial charge in [-0.2, -0.15) is 14.6 Å². The lowest BCUT2D eigenvalue weighted by molar-refractivity contribution is -0.123. The summed E-state index contributed by atoms with van der Waals surface area (Å²) in [5.74, 6) is 1.38. The Balaban J connectivity index is 1.62. The van der Waals surface area contributed by atoms with Crippen LogP contribution in [-0.4, -0.2) is 49.2 Å². The minimum atomic E-state index is -2.14. The predicted molar refractivity (Wildman–Crippen MR) is 130 cm³/mol. The van der Waals surface area contributed by atoms with Gasteiger partial charge in [-0.25, -0.2) is 14.2 Å². The van der Waals surface area contributed by atoms with Crippen molar-refractivity contribution in [3.05, 3.63) is 41.3 Å². The van der Waals surface area contributed by atoms with Crippen molar-refractivity contribution in [1.29, 1.82) is 5.26 Å². The van der Waals surface area contributed by atoms with Crippen LogP contribution in [0, 0.1) is 18.3 Å². The lowest BCUT2D eigenvalue weighted by Gasteiger charge is -2.18. The second-order valence-electron chi connectivity index (χ2n) is 7.82. The second-order valence-corrected chi connectivity index (χ2v) is 10.8. The Morgan fingerprint density at radius 1 is 1.35 bits per heavy atom. The van der Waals surface area contributed by atoms with Crippen LogP contribution in [0.1, 0.15) is 18.9 Å². The summed E-state index contributed by atoms with van der Waals surface area (Å²) >= 11 is 6.03. The van der Waals surface area contributed by atoms with Crippen LogP contribution in [0.4, 0.5) is 17.2 Å². The van der Waals surface area contributed by atoms with Crippen LogP contribution in [0.5, 0.6) is 5.88 Å². The van der Waals surface area contributed by atoms with E-state index in [2.05, 4.69) is 29.9 Å². The van der Waals surface area contributed by atoms with Gasteiger partial charge < -0.3 is 15.4 Å². The minimum Gasteiger partial charge on any atom is -0.466 e. The molecular formula is C22H22ClN7O3S. The molecule has 1 atom stereocenters. The van der Waals surface area contributed by atoms with Crippen molar-refractivity contribution in [1.82, 2.24) is 20.3 Å². The molecule has 1 aliphatic rings. The standard InChI is InChI=1S/C22H22ClN7O3S/c1-13-8-15(30-34(32)6-3-7-34)9-17-20(13)21(26-12-25-17)28-16-4-5-18(23)29-22(16)33-11-19(31)27-14(2)10-24/h4-5,8-9,12,14H,3,6-7,11H2,1-2H3,(H,27,31)(H,25,26,28)/t14-/m0/s1. The summed E-state index contributed by atoms with van der Waals surface area (Å²) in [6.45, 7) is 3.12. The molecule has 0 unspecified atom stereocenters. The van der Waals surface area contributed by atoms with E-state index in [9.17, 15) is 9.00 Å². The molecule has 34 heavy (non-hydrogen) atoms. The highest BCUT2D eigenvalue weighted by molar-refractivity contribution is 7.95. The number of nitrogens with one attached hydrogen (secondary N) is 2. The number of aryl methyl sites for hydroxylation is 1. The number of rotatable bonds is 7. The summed E-state index contributed by atoms with van der Waals surface area (Å²) in [5.41, 5.74) is 2.58. The number of ether oxygens (including phenoxy) is 1. The van der Waals surface area contributed by atoms with Crippen LogP contribution < -0.4 is 15.4 Å². The van der Waals surface area contributed by atoms with Crippen molar-refractivity contribution in [2.75, 3.05) is 23.4 Å². The van der Waals surface area contributed by atoms with E-state index in [1.807, 2.05) is 19.1 Å². The summed E-state index contributed by atoms with van der Waals surface area (Å²) in [6, 6.07) is 8.17. The molecule has 10 nitrogen and oxygen atoms in total. The molecule has 3 aromatic rings. The van der Waals surface area contributed by atoms with E-state index >= 15 is 0 Å². The second kappa shape index (κ2) is 9.79. The first-order chi connectivity index (χ1) is 16.3. The number of aromatic nitrogens is 3. The molecule has 1 aliphatic heterocycles. The van der Waals surface area contributed by atoms with Crippen molar-refractivity contribution in [3.63, 3.8) is 0 Å². The van der Waals surface area contributed by atoms with Gasteiger partial charge in [-0.15, -0.1) is 0 Å². The Labute approximate surface area is 201 Å². The Kier molecular flexibility index (Phi) is 6.81. The number of fused-ring (bicyclic) bond motifs is 1. The third-order valence-electron chi connectivity index (χ3n) is 5.11. The van der Waals surface area contributed by atoms with Crippen LogP contribution in [0.25, 0.3) is 10.9 Å². The highest BCUT2D eigenvalue weighted by atomic mass is 35.5.